The number of anilines is 1. The van der Waals surface area contributed by atoms with Crippen LogP contribution in [0.15, 0.2) is 18.2 Å². The summed E-state index contributed by atoms with van der Waals surface area (Å²) in [6.45, 7) is 1.19. The minimum Gasteiger partial charge on any atom is -0.495 e. The SMILES string of the molecule is COc1cccc2c1N1CC(=O)NCC1CC2. The lowest BCUT2D eigenvalue weighted by Crippen LogP contribution is -2.56. The molecule has 1 saturated heterocycles. The van der Waals surface area contributed by atoms with Crippen molar-refractivity contribution in [3.8, 4) is 5.75 Å². The predicted molar refractivity (Wildman–Crippen MR) is 65.5 cm³/mol. The molecule has 17 heavy (non-hydrogen) atoms. The summed E-state index contributed by atoms with van der Waals surface area (Å²) in [7, 11) is 1.68. The van der Waals surface area contributed by atoms with Gasteiger partial charge in [0.25, 0.3) is 0 Å². The number of fused-ring (bicyclic) bond motifs is 3. The number of amides is 1. The zero-order valence-electron chi connectivity index (χ0n) is 9.90. The molecule has 1 atom stereocenters. The van der Waals surface area contributed by atoms with Gasteiger partial charge >= 0.3 is 0 Å². The molecule has 2 aliphatic rings. The van der Waals surface area contributed by atoms with Gasteiger partial charge < -0.3 is 15.0 Å². The highest BCUT2D eigenvalue weighted by Crippen LogP contribution is 2.38. The van der Waals surface area contributed by atoms with Crippen molar-refractivity contribution in [2.24, 2.45) is 0 Å². The molecule has 2 aliphatic heterocycles. The van der Waals surface area contributed by atoms with Crippen LogP contribution in [0.3, 0.4) is 0 Å². The van der Waals surface area contributed by atoms with E-state index in [2.05, 4.69) is 16.3 Å². The molecule has 1 aromatic rings. The average Bonchev–Trinajstić information content (AvgIpc) is 2.37. The third-order valence-electron chi connectivity index (χ3n) is 3.63. The second kappa shape index (κ2) is 3.95. The Labute approximate surface area is 101 Å². The van der Waals surface area contributed by atoms with E-state index in [-0.39, 0.29) is 5.91 Å². The summed E-state index contributed by atoms with van der Waals surface area (Å²) >= 11 is 0. The second-order valence-electron chi connectivity index (χ2n) is 4.59. The van der Waals surface area contributed by atoms with Gasteiger partial charge in [-0.05, 0) is 24.5 Å². The van der Waals surface area contributed by atoms with E-state index in [0.717, 1.165) is 30.8 Å². The molecule has 1 N–H and O–H groups in total. The van der Waals surface area contributed by atoms with E-state index in [1.165, 1.54) is 5.56 Å². The minimum absolute atomic E-state index is 0.0972. The summed E-state index contributed by atoms with van der Waals surface area (Å²) in [6, 6.07) is 6.52. The molecule has 0 aliphatic carbocycles. The maximum atomic E-state index is 11.5. The molecule has 0 radical (unpaired) electrons. The molecule has 4 nitrogen and oxygen atoms in total. The number of benzene rings is 1. The van der Waals surface area contributed by atoms with Crippen LogP contribution in [0, 0.1) is 0 Å². The Morgan fingerprint density at radius 3 is 3.18 bits per heavy atom. The maximum Gasteiger partial charge on any atom is 0.239 e. The fraction of sp³-hybridized carbons (Fsp3) is 0.462. The summed E-state index contributed by atoms with van der Waals surface area (Å²) in [5.41, 5.74) is 2.40. The first-order valence-electron chi connectivity index (χ1n) is 5.99. The topological polar surface area (TPSA) is 41.6 Å². The predicted octanol–water partition coefficient (Wildman–Crippen LogP) is 0.946. The van der Waals surface area contributed by atoms with E-state index in [1.54, 1.807) is 7.11 Å². The summed E-state index contributed by atoms with van der Waals surface area (Å²) in [5, 5.41) is 2.93. The Morgan fingerprint density at radius 2 is 2.35 bits per heavy atom. The molecule has 1 fully saturated rings. The van der Waals surface area contributed by atoms with Crippen LogP contribution in [-0.2, 0) is 11.2 Å². The molecule has 1 amide bonds. The number of nitrogens with one attached hydrogen (secondary N) is 1. The lowest BCUT2D eigenvalue weighted by atomic mass is 9.94. The number of ether oxygens (including phenoxy) is 1. The van der Waals surface area contributed by atoms with Gasteiger partial charge in [0, 0.05) is 12.6 Å². The van der Waals surface area contributed by atoms with Gasteiger partial charge in [0.2, 0.25) is 5.91 Å². The number of hydrogen-bond acceptors (Lipinski definition) is 3. The highest BCUT2D eigenvalue weighted by atomic mass is 16.5. The summed E-state index contributed by atoms with van der Waals surface area (Å²) < 4.78 is 5.42. The van der Waals surface area contributed by atoms with Crippen molar-refractivity contribution in [2.45, 2.75) is 18.9 Å². The van der Waals surface area contributed by atoms with E-state index in [4.69, 9.17) is 4.74 Å². The molecule has 2 heterocycles. The lowest BCUT2D eigenvalue weighted by Gasteiger charge is -2.42. The van der Waals surface area contributed by atoms with E-state index in [1.807, 2.05) is 12.1 Å². The Kier molecular flexibility index (Phi) is 2.42. The molecular weight excluding hydrogens is 216 g/mol. The molecule has 1 aromatic carbocycles. The highest BCUT2D eigenvalue weighted by Gasteiger charge is 2.33. The average molecular weight is 232 g/mol. The van der Waals surface area contributed by atoms with Gasteiger partial charge in [-0.25, -0.2) is 0 Å². The number of methoxy groups -OCH3 is 1. The van der Waals surface area contributed by atoms with E-state index < -0.39 is 0 Å². The quantitative estimate of drug-likeness (QED) is 0.783. The number of carbonyl (C=O) groups is 1. The van der Waals surface area contributed by atoms with Crippen molar-refractivity contribution >= 4 is 11.6 Å². The van der Waals surface area contributed by atoms with E-state index in [0.29, 0.717) is 12.6 Å². The zero-order valence-corrected chi connectivity index (χ0v) is 9.90. The maximum absolute atomic E-state index is 11.5. The van der Waals surface area contributed by atoms with Crippen molar-refractivity contribution in [1.29, 1.82) is 0 Å². The molecule has 4 heteroatoms. The molecule has 0 saturated carbocycles. The van der Waals surface area contributed by atoms with Crippen molar-refractivity contribution in [3.05, 3.63) is 23.8 Å². The first-order chi connectivity index (χ1) is 8.29. The number of carbonyl (C=O) groups excluding carboxylic acids is 1. The van der Waals surface area contributed by atoms with Crippen LogP contribution in [-0.4, -0.2) is 32.1 Å². The van der Waals surface area contributed by atoms with Crippen molar-refractivity contribution < 1.29 is 9.53 Å². The summed E-state index contributed by atoms with van der Waals surface area (Å²) in [6.07, 6.45) is 2.16. The molecule has 1 unspecified atom stereocenters. The third kappa shape index (κ3) is 1.64. The normalized spacial score (nSPS) is 22.5. The Balaban J connectivity index is 2.06. The molecular formula is C13H16N2O2. The minimum atomic E-state index is 0.0972. The highest BCUT2D eigenvalue weighted by molar-refractivity contribution is 5.84. The Hall–Kier alpha value is -1.71. The van der Waals surface area contributed by atoms with Gasteiger partial charge in [-0.3, -0.25) is 4.79 Å². The van der Waals surface area contributed by atoms with Crippen LogP contribution in [0.1, 0.15) is 12.0 Å². The summed E-state index contributed by atoms with van der Waals surface area (Å²) in [4.78, 5) is 13.7. The first kappa shape index (κ1) is 10.4. The second-order valence-corrected chi connectivity index (χ2v) is 4.59. The van der Waals surface area contributed by atoms with Crippen LogP contribution in [0.4, 0.5) is 5.69 Å². The van der Waals surface area contributed by atoms with Gasteiger partial charge in [-0.2, -0.15) is 0 Å². The molecule has 3 rings (SSSR count). The smallest absolute Gasteiger partial charge is 0.239 e. The zero-order chi connectivity index (χ0) is 11.8. The number of para-hydroxylation sites is 1. The van der Waals surface area contributed by atoms with Crippen LogP contribution in [0.2, 0.25) is 0 Å². The number of piperazine rings is 1. The fourth-order valence-electron chi connectivity index (χ4n) is 2.78. The van der Waals surface area contributed by atoms with E-state index in [9.17, 15) is 4.79 Å². The number of aryl methyl sites for hydroxylation is 1. The molecule has 90 valence electrons. The third-order valence-corrected chi connectivity index (χ3v) is 3.63. The van der Waals surface area contributed by atoms with Gasteiger partial charge in [0.15, 0.2) is 0 Å². The fourth-order valence-corrected chi connectivity index (χ4v) is 2.78. The lowest BCUT2D eigenvalue weighted by molar-refractivity contribution is -0.120. The van der Waals surface area contributed by atoms with Gasteiger partial charge in [-0.1, -0.05) is 12.1 Å². The summed E-state index contributed by atoms with van der Waals surface area (Å²) in [5.74, 6) is 0.974. The van der Waals surface area contributed by atoms with Crippen LogP contribution < -0.4 is 15.0 Å². The Bertz CT molecular complexity index is 444. The van der Waals surface area contributed by atoms with Gasteiger partial charge in [0.05, 0.1) is 19.3 Å². The molecule has 0 aromatic heterocycles. The molecule has 0 spiro atoms. The number of rotatable bonds is 1. The monoisotopic (exact) mass is 232 g/mol. The van der Waals surface area contributed by atoms with Crippen LogP contribution in [0.25, 0.3) is 0 Å². The number of nitrogens with zero attached hydrogens (tertiary/aromatic N) is 1. The van der Waals surface area contributed by atoms with Crippen molar-refractivity contribution in [1.82, 2.24) is 5.32 Å². The van der Waals surface area contributed by atoms with Gasteiger partial charge in [-0.15, -0.1) is 0 Å². The van der Waals surface area contributed by atoms with Gasteiger partial charge in [0.1, 0.15) is 5.75 Å². The van der Waals surface area contributed by atoms with Crippen LogP contribution >= 0.6 is 0 Å². The largest absolute Gasteiger partial charge is 0.495 e. The number of hydrogen-bond donors (Lipinski definition) is 1. The van der Waals surface area contributed by atoms with Crippen molar-refractivity contribution in [3.63, 3.8) is 0 Å². The van der Waals surface area contributed by atoms with Crippen molar-refractivity contribution in [2.75, 3.05) is 25.1 Å². The van der Waals surface area contributed by atoms with Crippen LogP contribution in [0.5, 0.6) is 5.75 Å². The van der Waals surface area contributed by atoms with E-state index >= 15 is 0 Å². The molecule has 0 bridgehead atoms. The first-order valence-corrected chi connectivity index (χ1v) is 5.99. The Morgan fingerprint density at radius 1 is 1.47 bits per heavy atom. The standard InChI is InChI=1S/C13H16N2O2/c1-17-11-4-2-3-9-5-6-10-7-14-12(16)8-15(10)13(9)11/h2-4,10H,5-8H2,1H3,(H,14,16).